The summed E-state index contributed by atoms with van der Waals surface area (Å²) < 4.78 is 7.35. The summed E-state index contributed by atoms with van der Waals surface area (Å²) in [7, 11) is 0. The van der Waals surface area contributed by atoms with Gasteiger partial charge in [0.1, 0.15) is 5.92 Å². The summed E-state index contributed by atoms with van der Waals surface area (Å²) in [5.41, 5.74) is 3.31. The van der Waals surface area contributed by atoms with Gasteiger partial charge in [0, 0.05) is 26.2 Å². The lowest BCUT2D eigenvalue weighted by molar-refractivity contribution is -0.146. The van der Waals surface area contributed by atoms with Crippen LogP contribution in [0.2, 0.25) is 0 Å². The molecule has 22 heavy (non-hydrogen) atoms. The molecule has 1 aliphatic heterocycles. The first-order valence-electron chi connectivity index (χ1n) is 7.66. The SMILES string of the molecule is CCOC(=O)C1CN(Cc2ccsc2)Cc2ncn(CC)c21. The number of rotatable bonds is 5. The highest BCUT2D eigenvalue weighted by molar-refractivity contribution is 7.07. The molecule has 0 fully saturated rings. The molecule has 0 saturated heterocycles. The molecule has 1 unspecified atom stereocenters. The van der Waals surface area contributed by atoms with Crippen molar-refractivity contribution in [1.82, 2.24) is 14.5 Å². The van der Waals surface area contributed by atoms with Crippen molar-refractivity contribution in [1.29, 1.82) is 0 Å². The predicted molar refractivity (Wildman–Crippen MR) is 85.7 cm³/mol. The van der Waals surface area contributed by atoms with Crippen LogP contribution in [0.5, 0.6) is 0 Å². The number of aromatic nitrogens is 2. The molecule has 0 aliphatic carbocycles. The van der Waals surface area contributed by atoms with Gasteiger partial charge in [-0.05, 0) is 36.2 Å². The zero-order valence-corrected chi connectivity index (χ0v) is 13.8. The molecular formula is C16H21N3O2S. The fourth-order valence-corrected chi connectivity index (χ4v) is 3.68. The molecule has 6 heteroatoms. The van der Waals surface area contributed by atoms with E-state index in [4.69, 9.17) is 4.74 Å². The average molecular weight is 319 g/mol. The molecule has 5 nitrogen and oxygen atoms in total. The number of ether oxygens (including phenoxy) is 1. The van der Waals surface area contributed by atoms with Crippen molar-refractivity contribution in [2.24, 2.45) is 0 Å². The Kier molecular flexibility index (Phi) is 4.59. The number of hydrogen-bond donors (Lipinski definition) is 0. The number of fused-ring (bicyclic) bond motifs is 1. The Morgan fingerprint density at radius 1 is 1.50 bits per heavy atom. The Morgan fingerprint density at radius 2 is 2.36 bits per heavy atom. The molecule has 0 aromatic carbocycles. The second kappa shape index (κ2) is 6.62. The summed E-state index contributed by atoms with van der Waals surface area (Å²) in [5, 5.41) is 4.23. The van der Waals surface area contributed by atoms with E-state index in [-0.39, 0.29) is 11.9 Å². The van der Waals surface area contributed by atoms with Crippen LogP contribution in [0.4, 0.5) is 0 Å². The molecule has 3 rings (SSSR count). The van der Waals surface area contributed by atoms with Crippen molar-refractivity contribution in [3.63, 3.8) is 0 Å². The van der Waals surface area contributed by atoms with Gasteiger partial charge in [0.25, 0.3) is 0 Å². The lowest BCUT2D eigenvalue weighted by Gasteiger charge is -2.31. The molecule has 1 aliphatic rings. The van der Waals surface area contributed by atoms with E-state index in [2.05, 4.69) is 38.2 Å². The van der Waals surface area contributed by atoms with E-state index < -0.39 is 0 Å². The largest absolute Gasteiger partial charge is 0.465 e. The molecule has 3 heterocycles. The van der Waals surface area contributed by atoms with Crippen LogP contribution >= 0.6 is 11.3 Å². The lowest BCUT2D eigenvalue weighted by Crippen LogP contribution is -2.38. The first kappa shape index (κ1) is 15.2. The highest BCUT2D eigenvalue weighted by Gasteiger charge is 2.35. The van der Waals surface area contributed by atoms with E-state index in [9.17, 15) is 4.79 Å². The summed E-state index contributed by atoms with van der Waals surface area (Å²) in [4.78, 5) is 19.2. The first-order valence-corrected chi connectivity index (χ1v) is 8.61. The average Bonchev–Trinajstić information content (AvgIpc) is 3.15. The van der Waals surface area contributed by atoms with E-state index in [1.807, 2.05) is 13.3 Å². The normalized spacial score (nSPS) is 18.2. The van der Waals surface area contributed by atoms with Gasteiger partial charge < -0.3 is 9.30 Å². The molecule has 2 aromatic rings. The number of imidazole rings is 1. The van der Waals surface area contributed by atoms with E-state index >= 15 is 0 Å². The summed E-state index contributed by atoms with van der Waals surface area (Å²) in [5.74, 6) is -0.390. The van der Waals surface area contributed by atoms with Crippen LogP contribution in [0.15, 0.2) is 23.2 Å². The number of nitrogens with zero attached hydrogens (tertiary/aromatic N) is 3. The van der Waals surface area contributed by atoms with Crippen LogP contribution in [-0.4, -0.2) is 33.6 Å². The van der Waals surface area contributed by atoms with E-state index in [1.165, 1.54) is 5.56 Å². The second-order valence-corrected chi connectivity index (χ2v) is 6.25. The van der Waals surface area contributed by atoms with Crippen LogP contribution < -0.4 is 0 Å². The van der Waals surface area contributed by atoms with E-state index in [0.717, 1.165) is 31.0 Å². The third-order valence-corrected chi connectivity index (χ3v) is 4.73. The van der Waals surface area contributed by atoms with E-state index in [0.29, 0.717) is 13.2 Å². The fourth-order valence-electron chi connectivity index (χ4n) is 3.02. The van der Waals surface area contributed by atoms with Crippen molar-refractivity contribution in [2.45, 2.75) is 39.4 Å². The standard InChI is InChI=1S/C16H21N3O2S/c1-3-19-11-17-14-9-18(7-12-5-6-22-10-12)8-13(15(14)19)16(20)21-4-2/h5-6,10-11,13H,3-4,7-9H2,1-2H3. The minimum absolute atomic E-state index is 0.144. The Bertz CT molecular complexity index is 636. The maximum Gasteiger partial charge on any atom is 0.316 e. The predicted octanol–water partition coefficient (Wildman–Crippen LogP) is 2.63. The molecule has 1 atom stereocenters. The molecule has 0 bridgehead atoms. The van der Waals surface area contributed by atoms with Gasteiger partial charge in [0.15, 0.2) is 0 Å². The number of thiophene rings is 1. The molecule has 0 N–H and O–H groups in total. The van der Waals surface area contributed by atoms with Gasteiger partial charge in [-0.3, -0.25) is 9.69 Å². The Hall–Kier alpha value is -1.66. The fraction of sp³-hybridized carbons (Fsp3) is 0.500. The number of esters is 1. The van der Waals surface area contributed by atoms with Crippen molar-refractivity contribution in [3.05, 3.63) is 40.1 Å². The van der Waals surface area contributed by atoms with Crippen LogP contribution in [0.25, 0.3) is 0 Å². The van der Waals surface area contributed by atoms with Crippen molar-refractivity contribution in [2.75, 3.05) is 13.2 Å². The zero-order valence-electron chi connectivity index (χ0n) is 13.0. The Morgan fingerprint density at radius 3 is 3.05 bits per heavy atom. The van der Waals surface area contributed by atoms with Gasteiger partial charge in [-0.25, -0.2) is 4.98 Å². The minimum Gasteiger partial charge on any atom is -0.465 e. The van der Waals surface area contributed by atoms with Gasteiger partial charge in [0.05, 0.1) is 24.3 Å². The number of hydrogen-bond acceptors (Lipinski definition) is 5. The molecular weight excluding hydrogens is 298 g/mol. The monoisotopic (exact) mass is 319 g/mol. The van der Waals surface area contributed by atoms with Crippen molar-refractivity contribution in [3.8, 4) is 0 Å². The molecule has 0 amide bonds. The van der Waals surface area contributed by atoms with Crippen molar-refractivity contribution >= 4 is 17.3 Å². The summed E-state index contributed by atoms with van der Waals surface area (Å²) in [6, 6.07) is 2.13. The Labute approximate surface area is 134 Å². The third kappa shape index (κ3) is 2.94. The van der Waals surface area contributed by atoms with Crippen LogP contribution in [0.3, 0.4) is 0 Å². The number of aryl methyl sites for hydroxylation is 1. The zero-order chi connectivity index (χ0) is 15.5. The van der Waals surface area contributed by atoms with Gasteiger partial charge in [-0.2, -0.15) is 11.3 Å². The molecule has 0 saturated carbocycles. The molecule has 0 spiro atoms. The van der Waals surface area contributed by atoms with Crippen LogP contribution in [-0.2, 0) is 29.2 Å². The van der Waals surface area contributed by atoms with Gasteiger partial charge >= 0.3 is 5.97 Å². The minimum atomic E-state index is -0.246. The van der Waals surface area contributed by atoms with Crippen LogP contribution in [0.1, 0.15) is 36.7 Å². The summed E-state index contributed by atoms with van der Waals surface area (Å²) in [6.07, 6.45) is 1.84. The summed E-state index contributed by atoms with van der Waals surface area (Å²) >= 11 is 1.70. The van der Waals surface area contributed by atoms with Crippen molar-refractivity contribution < 1.29 is 9.53 Å². The van der Waals surface area contributed by atoms with Crippen LogP contribution in [0, 0.1) is 0 Å². The molecule has 0 radical (unpaired) electrons. The topological polar surface area (TPSA) is 47.4 Å². The third-order valence-electron chi connectivity index (χ3n) is 4.00. The van der Waals surface area contributed by atoms with Gasteiger partial charge in [-0.1, -0.05) is 0 Å². The number of carbonyl (C=O) groups is 1. The molecule has 118 valence electrons. The highest BCUT2D eigenvalue weighted by Crippen LogP contribution is 2.30. The number of carbonyl (C=O) groups excluding carboxylic acids is 1. The Balaban J connectivity index is 1.86. The second-order valence-electron chi connectivity index (χ2n) is 5.47. The molecule has 2 aromatic heterocycles. The highest BCUT2D eigenvalue weighted by atomic mass is 32.1. The van der Waals surface area contributed by atoms with E-state index in [1.54, 1.807) is 11.3 Å². The van der Waals surface area contributed by atoms with Gasteiger partial charge in [-0.15, -0.1) is 0 Å². The maximum absolute atomic E-state index is 12.4. The smallest absolute Gasteiger partial charge is 0.316 e. The first-order chi connectivity index (χ1) is 10.7. The quantitative estimate of drug-likeness (QED) is 0.795. The maximum atomic E-state index is 12.4. The van der Waals surface area contributed by atoms with Gasteiger partial charge in [0.2, 0.25) is 0 Å². The summed E-state index contributed by atoms with van der Waals surface area (Å²) in [6.45, 7) is 7.47. The lowest BCUT2D eigenvalue weighted by atomic mass is 9.97.